The number of rotatable bonds is 2. The third-order valence-corrected chi connectivity index (χ3v) is 4.05. The van der Waals surface area contributed by atoms with Gasteiger partial charge in [-0.2, -0.15) is 0 Å². The highest BCUT2D eigenvalue weighted by Gasteiger charge is 2.20. The summed E-state index contributed by atoms with van der Waals surface area (Å²) in [5, 5.41) is 0. The molecule has 2 heterocycles. The smallest absolute Gasteiger partial charge is 0.107 e. The van der Waals surface area contributed by atoms with Gasteiger partial charge in [-0.15, -0.1) is 0 Å². The normalized spacial score (nSPS) is 14.1. The summed E-state index contributed by atoms with van der Waals surface area (Å²) in [6.07, 6.45) is 6.46. The van der Waals surface area contributed by atoms with Crippen LogP contribution in [0.5, 0.6) is 0 Å². The molecule has 4 nitrogen and oxygen atoms in total. The number of aryl methyl sites for hydroxylation is 3. The van der Waals surface area contributed by atoms with Crippen LogP contribution in [0.1, 0.15) is 41.2 Å². The third kappa shape index (κ3) is 2.12. The molecule has 0 aromatic carbocycles. The molecule has 0 spiro atoms. The van der Waals surface area contributed by atoms with E-state index < -0.39 is 0 Å². The summed E-state index contributed by atoms with van der Waals surface area (Å²) in [5.41, 5.74) is 12.1. The van der Waals surface area contributed by atoms with E-state index in [2.05, 4.69) is 14.5 Å². The van der Waals surface area contributed by atoms with Crippen molar-refractivity contribution in [1.82, 2.24) is 14.5 Å². The number of hydrogen-bond acceptors (Lipinski definition) is 3. The van der Waals surface area contributed by atoms with Crippen LogP contribution in [0.4, 0.5) is 0 Å². The Morgan fingerprint density at radius 3 is 2.80 bits per heavy atom. The summed E-state index contributed by atoms with van der Waals surface area (Å²) in [6, 6.07) is 2.04. The van der Waals surface area contributed by atoms with E-state index in [9.17, 15) is 0 Å². The molecule has 5 heteroatoms. The average Bonchev–Trinajstić information content (AvgIpc) is 2.80. The lowest BCUT2D eigenvalue weighted by Crippen LogP contribution is -2.18. The predicted octanol–water partition coefficient (Wildman–Crippen LogP) is 2.40. The maximum absolute atomic E-state index is 5.91. The third-order valence-electron chi connectivity index (χ3n) is 3.84. The summed E-state index contributed by atoms with van der Waals surface area (Å²) >= 11 is 5.21. The van der Waals surface area contributed by atoms with Crippen molar-refractivity contribution in [2.75, 3.05) is 0 Å². The van der Waals surface area contributed by atoms with E-state index in [0.29, 0.717) is 4.99 Å². The molecule has 3 rings (SSSR count). The second kappa shape index (κ2) is 4.98. The first kappa shape index (κ1) is 13.2. The van der Waals surface area contributed by atoms with Gasteiger partial charge in [-0.05, 0) is 45.6 Å². The topological polar surface area (TPSA) is 56.7 Å². The van der Waals surface area contributed by atoms with Crippen molar-refractivity contribution in [1.29, 1.82) is 0 Å². The molecule has 0 aliphatic heterocycles. The summed E-state index contributed by atoms with van der Waals surface area (Å²) in [7, 11) is 0. The molecule has 0 atom stereocenters. The van der Waals surface area contributed by atoms with Crippen LogP contribution in [-0.4, -0.2) is 19.5 Å². The molecular formula is C15H18N4S. The maximum atomic E-state index is 5.91. The molecule has 1 aliphatic carbocycles. The minimum atomic E-state index is 0.392. The van der Waals surface area contributed by atoms with E-state index >= 15 is 0 Å². The van der Waals surface area contributed by atoms with Crippen LogP contribution >= 0.6 is 12.2 Å². The van der Waals surface area contributed by atoms with Crippen molar-refractivity contribution >= 4 is 17.2 Å². The Hall–Kier alpha value is -1.75. The van der Waals surface area contributed by atoms with Crippen molar-refractivity contribution in [2.45, 2.75) is 39.5 Å². The monoisotopic (exact) mass is 286 g/mol. The number of nitrogens with zero attached hydrogens (tertiary/aromatic N) is 3. The molecule has 2 N–H and O–H groups in total. The van der Waals surface area contributed by atoms with E-state index in [0.717, 1.165) is 35.5 Å². The standard InChI is InChI=1S/C15H18N4S/c1-9-7-13(14(15(16)20)10(2)18-9)19-8-17-11-5-3-4-6-12(11)19/h7-8H,3-6H2,1-2H3,(H2,16,20). The molecule has 2 aromatic rings. The molecule has 0 fully saturated rings. The molecule has 2 aromatic heterocycles. The summed E-state index contributed by atoms with van der Waals surface area (Å²) in [5.74, 6) is 0. The Kier molecular flexibility index (Phi) is 3.30. The highest BCUT2D eigenvalue weighted by molar-refractivity contribution is 7.80. The molecule has 0 unspecified atom stereocenters. The zero-order chi connectivity index (χ0) is 14.3. The molecule has 20 heavy (non-hydrogen) atoms. The number of thiocarbonyl (C=S) groups is 1. The highest BCUT2D eigenvalue weighted by Crippen LogP contribution is 2.26. The first-order valence-electron chi connectivity index (χ1n) is 6.91. The van der Waals surface area contributed by atoms with Crippen LogP contribution in [0.25, 0.3) is 5.69 Å². The van der Waals surface area contributed by atoms with Crippen LogP contribution in [0, 0.1) is 13.8 Å². The first-order valence-corrected chi connectivity index (χ1v) is 7.32. The van der Waals surface area contributed by atoms with Gasteiger partial charge in [0.25, 0.3) is 0 Å². The van der Waals surface area contributed by atoms with Crippen molar-refractivity contribution < 1.29 is 0 Å². The van der Waals surface area contributed by atoms with E-state index in [1.165, 1.54) is 24.2 Å². The quantitative estimate of drug-likeness (QED) is 0.861. The number of nitrogens with two attached hydrogens (primary N) is 1. The Morgan fingerprint density at radius 2 is 2.05 bits per heavy atom. The second-order valence-corrected chi connectivity index (χ2v) is 5.76. The van der Waals surface area contributed by atoms with Gasteiger partial charge < -0.3 is 10.3 Å². The first-order chi connectivity index (χ1) is 9.58. The highest BCUT2D eigenvalue weighted by atomic mass is 32.1. The Bertz CT molecular complexity index is 687. The number of fused-ring (bicyclic) bond motifs is 1. The SMILES string of the molecule is Cc1cc(-n2cnc3c2CCCC3)c(C(N)=S)c(C)n1. The minimum Gasteiger partial charge on any atom is -0.389 e. The summed E-state index contributed by atoms with van der Waals surface area (Å²) in [6.45, 7) is 3.94. The second-order valence-electron chi connectivity index (χ2n) is 5.32. The van der Waals surface area contributed by atoms with Crippen molar-refractivity contribution in [3.8, 4) is 5.69 Å². The van der Waals surface area contributed by atoms with Gasteiger partial charge in [0.15, 0.2) is 0 Å². The zero-order valence-electron chi connectivity index (χ0n) is 11.8. The lowest BCUT2D eigenvalue weighted by atomic mass is 10.0. The summed E-state index contributed by atoms with van der Waals surface area (Å²) < 4.78 is 2.14. The maximum Gasteiger partial charge on any atom is 0.107 e. The fraction of sp³-hybridized carbons (Fsp3) is 0.400. The summed E-state index contributed by atoms with van der Waals surface area (Å²) in [4.78, 5) is 9.42. The fourth-order valence-corrected chi connectivity index (χ4v) is 3.23. The molecule has 0 radical (unpaired) electrons. The lowest BCUT2D eigenvalue weighted by molar-refractivity contribution is 0.655. The molecule has 104 valence electrons. The van der Waals surface area contributed by atoms with Crippen molar-refractivity contribution in [3.63, 3.8) is 0 Å². The van der Waals surface area contributed by atoms with E-state index in [1.807, 2.05) is 26.2 Å². The van der Waals surface area contributed by atoms with Gasteiger partial charge >= 0.3 is 0 Å². The molecule has 0 bridgehead atoms. The van der Waals surface area contributed by atoms with Crippen LogP contribution in [-0.2, 0) is 12.8 Å². The van der Waals surface area contributed by atoms with Gasteiger partial charge in [0.1, 0.15) is 4.99 Å². The van der Waals surface area contributed by atoms with Gasteiger partial charge in [0.05, 0.1) is 23.3 Å². The van der Waals surface area contributed by atoms with Crippen molar-refractivity contribution in [3.05, 3.63) is 40.7 Å². The zero-order valence-corrected chi connectivity index (χ0v) is 12.6. The number of hydrogen-bond donors (Lipinski definition) is 1. The van der Waals surface area contributed by atoms with E-state index in [4.69, 9.17) is 18.0 Å². The van der Waals surface area contributed by atoms with Gasteiger partial charge in [-0.1, -0.05) is 12.2 Å². The van der Waals surface area contributed by atoms with Gasteiger partial charge in [0, 0.05) is 17.1 Å². The van der Waals surface area contributed by atoms with Crippen LogP contribution in [0.15, 0.2) is 12.4 Å². The molecule has 0 saturated heterocycles. The Balaban J connectivity index is 2.24. The fourth-order valence-electron chi connectivity index (χ4n) is 2.98. The Labute approximate surface area is 124 Å². The number of pyridine rings is 1. The van der Waals surface area contributed by atoms with E-state index in [1.54, 1.807) is 0 Å². The predicted molar refractivity (Wildman–Crippen MR) is 83.4 cm³/mol. The van der Waals surface area contributed by atoms with Crippen LogP contribution in [0.3, 0.4) is 0 Å². The number of aromatic nitrogens is 3. The molecule has 0 amide bonds. The van der Waals surface area contributed by atoms with Crippen molar-refractivity contribution in [2.24, 2.45) is 5.73 Å². The molecule has 0 saturated carbocycles. The van der Waals surface area contributed by atoms with E-state index in [-0.39, 0.29) is 0 Å². The van der Waals surface area contributed by atoms with Gasteiger partial charge in [-0.25, -0.2) is 4.98 Å². The number of imidazole rings is 1. The van der Waals surface area contributed by atoms with Crippen LogP contribution in [0.2, 0.25) is 0 Å². The lowest BCUT2D eigenvalue weighted by Gasteiger charge is -2.18. The van der Waals surface area contributed by atoms with Crippen LogP contribution < -0.4 is 5.73 Å². The van der Waals surface area contributed by atoms with Gasteiger partial charge in [-0.3, -0.25) is 4.98 Å². The largest absolute Gasteiger partial charge is 0.389 e. The molecular weight excluding hydrogens is 268 g/mol. The Morgan fingerprint density at radius 1 is 1.30 bits per heavy atom. The minimum absolute atomic E-state index is 0.392. The average molecular weight is 286 g/mol. The van der Waals surface area contributed by atoms with Gasteiger partial charge in [0.2, 0.25) is 0 Å². The molecule has 1 aliphatic rings.